The fourth-order valence-corrected chi connectivity index (χ4v) is 6.87. The predicted molar refractivity (Wildman–Crippen MR) is 156 cm³/mol. The Bertz CT molecular complexity index is 1540. The lowest BCUT2D eigenvalue weighted by Gasteiger charge is -2.25. The van der Waals surface area contributed by atoms with Gasteiger partial charge in [-0.2, -0.15) is 0 Å². The Morgan fingerprint density at radius 3 is 2.58 bits per heavy atom. The minimum absolute atomic E-state index is 0.0197. The van der Waals surface area contributed by atoms with Gasteiger partial charge in [-0.05, 0) is 109 Å². The Hall–Kier alpha value is -2.19. The first-order chi connectivity index (χ1) is 17.1. The summed E-state index contributed by atoms with van der Waals surface area (Å²) in [7, 11) is 0. The summed E-state index contributed by atoms with van der Waals surface area (Å²) in [5, 5.41) is 10.6. The molecule has 2 aromatic carbocycles. The molecule has 4 rings (SSSR count). The molecule has 10 heteroatoms. The molecule has 0 saturated carbocycles. The molecule has 0 radical (unpaired) electrons. The maximum Gasteiger partial charge on any atom is 0.338 e. The monoisotopic (exact) mass is 730 g/mol. The summed E-state index contributed by atoms with van der Waals surface area (Å²) in [5.74, 6) is 0.302. The van der Waals surface area contributed by atoms with Crippen molar-refractivity contribution >= 4 is 68.6 Å². The van der Waals surface area contributed by atoms with E-state index >= 15 is 0 Å². The Labute approximate surface area is 239 Å². The minimum Gasteiger partial charge on any atom is -0.506 e. The van der Waals surface area contributed by atoms with Crippen LogP contribution in [0.15, 0.2) is 57.5 Å². The maximum atomic E-state index is 13.7. The van der Waals surface area contributed by atoms with Crippen molar-refractivity contribution in [3.8, 4) is 11.5 Å². The minimum atomic E-state index is -0.708. The second kappa shape index (κ2) is 11.1. The number of rotatable bonds is 6. The van der Waals surface area contributed by atoms with Crippen molar-refractivity contribution in [2.45, 2.75) is 39.8 Å². The molecule has 1 atom stereocenters. The zero-order chi connectivity index (χ0) is 26.1. The highest BCUT2D eigenvalue weighted by atomic mass is 127. The molecule has 0 amide bonds. The number of esters is 1. The number of carbonyl (C=O) groups excluding carboxylic acids is 1. The van der Waals surface area contributed by atoms with Crippen molar-refractivity contribution in [2.75, 3.05) is 6.61 Å². The standard InChI is InChI=1S/C26H24I2N2O5S/c1-5-34-25(33)21-14(4)29-26-30(22(21)15-6-8-18(9-7-15)35-13(2)3)24(32)20(36-26)11-16-10-17(27)12-19(28)23(16)31/h6-13,22,31H,5H2,1-4H3/b20-11-/t22-/m1/s1. The lowest BCUT2D eigenvalue weighted by molar-refractivity contribution is -0.139. The van der Waals surface area contributed by atoms with E-state index in [1.54, 1.807) is 19.9 Å². The van der Waals surface area contributed by atoms with Gasteiger partial charge in [-0.25, -0.2) is 9.79 Å². The van der Waals surface area contributed by atoms with Crippen molar-refractivity contribution in [3.05, 3.63) is 85.6 Å². The molecule has 0 spiro atoms. The van der Waals surface area contributed by atoms with E-state index in [1.807, 2.05) is 50.2 Å². The normalized spacial score (nSPS) is 15.6. The molecule has 0 bridgehead atoms. The van der Waals surface area contributed by atoms with Crippen molar-refractivity contribution in [1.29, 1.82) is 0 Å². The number of fused-ring (bicyclic) bond motifs is 1. The molecule has 7 nitrogen and oxygen atoms in total. The number of halogens is 2. The van der Waals surface area contributed by atoms with Gasteiger partial charge in [0.1, 0.15) is 11.5 Å². The first-order valence-corrected chi connectivity index (χ1v) is 14.2. The van der Waals surface area contributed by atoms with Crippen LogP contribution < -0.4 is 19.6 Å². The lowest BCUT2D eigenvalue weighted by Crippen LogP contribution is -2.39. The van der Waals surface area contributed by atoms with E-state index in [-0.39, 0.29) is 24.0 Å². The quantitative estimate of drug-likeness (QED) is 0.298. The van der Waals surface area contributed by atoms with Crippen LogP contribution in [0.2, 0.25) is 0 Å². The molecule has 0 saturated heterocycles. The summed E-state index contributed by atoms with van der Waals surface area (Å²) in [4.78, 5) is 31.8. The van der Waals surface area contributed by atoms with E-state index in [0.717, 1.165) is 9.13 Å². The highest BCUT2D eigenvalue weighted by molar-refractivity contribution is 14.1. The van der Waals surface area contributed by atoms with Gasteiger partial charge in [0.05, 0.1) is 38.1 Å². The third kappa shape index (κ3) is 5.40. The van der Waals surface area contributed by atoms with Gasteiger partial charge in [0, 0.05) is 9.13 Å². The van der Waals surface area contributed by atoms with Gasteiger partial charge >= 0.3 is 5.97 Å². The number of ether oxygens (including phenoxy) is 2. The second-order valence-electron chi connectivity index (χ2n) is 8.36. The molecule has 0 fully saturated rings. The highest BCUT2D eigenvalue weighted by Crippen LogP contribution is 2.32. The number of nitrogens with zero attached hydrogens (tertiary/aromatic N) is 2. The van der Waals surface area contributed by atoms with Gasteiger partial charge in [0.15, 0.2) is 4.80 Å². The zero-order valence-corrected chi connectivity index (χ0v) is 25.2. The molecule has 2 heterocycles. The zero-order valence-electron chi connectivity index (χ0n) is 20.0. The van der Waals surface area contributed by atoms with E-state index in [9.17, 15) is 14.7 Å². The fourth-order valence-electron chi connectivity index (χ4n) is 3.94. The third-order valence-corrected chi connectivity index (χ3v) is 7.86. The molecule has 36 heavy (non-hydrogen) atoms. The van der Waals surface area contributed by atoms with Gasteiger partial charge in [-0.15, -0.1) is 0 Å². The summed E-state index contributed by atoms with van der Waals surface area (Å²) >= 11 is 5.46. The summed E-state index contributed by atoms with van der Waals surface area (Å²) in [6.45, 7) is 7.59. The van der Waals surface area contributed by atoms with Gasteiger partial charge in [0.25, 0.3) is 5.56 Å². The summed E-state index contributed by atoms with van der Waals surface area (Å²) in [6, 6.07) is 10.3. The van der Waals surface area contributed by atoms with Gasteiger partial charge in [-0.1, -0.05) is 23.5 Å². The third-order valence-electron chi connectivity index (χ3n) is 5.43. The number of carbonyl (C=O) groups is 1. The average molecular weight is 730 g/mol. The number of thiazole rings is 1. The molecule has 1 aromatic heterocycles. The van der Waals surface area contributed by atoms with E-state index in [2.05, 4.69) is 50.2 Å². The molecular weight excluding hydrogens is 706 g/mol. The summed E-state index contributed by atoms with van der Waals surface area (Å²) in [6.07, 6.45) is 1.69. The first kappa shape index (κ1) is 26.9. The molecule has 1 N–H and O–H groups in total. The molecule has 1 aliphatic rings. The molecule has 1 aliphatic heterocycles. The summed E-state index contributed by atoms with van der Waals surface area (Å²) < 4.78 is 14.7. The number of aromatic nitrogens is 1. The highest BCUT2D eigenvalue weighted by Gasteiger charge is 2.33. The average Bonchev–Trinajstić information content (AvgIpc) is 3.11. The van der Waals surface area contributed by atoms with Crippen molar-refractivity contribution < 1.29 is 19.4 Å². The van der Waals surface area contributed by atoms with Gasteiger partial charge in [-0.3, -0.25) is 9.36 Å². The number of phenols is 1. The van der Waals surface area contributed by atoms with Crippen LogP contribution in [0.25, 0.3) is 6.08 Å². The lowest BCUT2D eigenvalue weighted by atomic mass is 9.96. The van der Waals surface area contributed by atoms with Crippen molar-refractivity contribution in [3.63, 3.8) is 0 Å². The number of aromatic hydroxyl groups is 1. The topological polar surface area (TPSA) is 90.1 Å². The smallest absolute Gasteiger partial charge is 0.338 e. The van der Waals surface area contributed by atoms with Crippen LogP contribution >= 0.6 is 56.5 Å². The van der Waals surface area contributed by atoms with E-state index in [1.165, 1.54) is 15.9 Å². The molecule has 188 valence electrons. The number of phenolic OH excluding ortho intramolecular Hbond substituents is 1. The van der Waals surface area contributed by atoms with Gasteiger partial charge < -0.3 is 14.6 Å². The molecule has 0 unspecified atom stereocenters. The second-order valence-corrected chi connectivity index (χ2v) is 11.8. The van der Waals surface area contributed by atoms with Crippen molar-refractivity contribution in [2.24, 2.45) is 4.99 Å². The van der Waals surface area contributed by atoms with Crippen LogP contribution in [0.5, 0.6) is 11.5 Å². The van der Waals surface area contributed by atoms with Crippen LogP contribution in [0.3, 0.4) is 0 Å². The fraction of sp³-hybridized carbons (Fsp3) is 0.269. The van der Waals surface area contributed by atoms with Crippen LogP contribution in [0, 0.1) is 7.14 Å². The number of hydrogen-bond acceptors (Lipinski definition) is 7. The Morgan fingerprint density at radius 2 is 1.94 bits per heavy atom. The molecule has 3 aromatic rings. The Balaban J connectivity index is 1.93. The Morgan fingerprint density at radius 1 is 1.25 bits per heavy atom. The van der Waals surface area contributed by atoms with E-state index < -0.39 is 12.0 Å². The molecule has 0 aliphatic carbocycles. The maximum absolute atomic E-state index is 13.7. The first-order valence-electron chi connectivity index (χ1n) is 11.2. The predicted octanol–water partition coefficient (Wildman–Crippen LogP) is 4.50. The number of hydrogen-bond donors (Lipinski definition) is 1. The van der Waals surface area contributed by atoms with Crippen LogP contribution in [0.1, 0.15) is 44.9 Å². The van der Waals surface area contributed by atoms with E-state index in [0.29, 0.717) is 35.5 Å². The Kier molecular flexibility index (Phi) is 8.25. The summed E-state index contributed by atoms with van der Waals surface area (Å²) in [5.41, 5.74) is 1.81. The van der Waals surface area contributed by atoms with Crippen LogP contribution in [0.4, 0.5) is 0 Å². The number of allylic oxidation sites excluding steroid dienone is 1. The largest absolute Gasteiger partial charge is 0.506 e. The van der Waals surface area contributed by atoms with E-state index in [4.69, 9.17) is 9.47 Å². The van der Waals surface area contributed by atoms with Crippen LogP contribution in [-0.4, -0.2) is 28.4 Å². The number of benzene rings is 2. The van der Waals surface area contributed by atoms with Crippen molar-refractivity contribution in [1.82, 2.24) is 4.57 Å². The SMILES string of the molecule is CCOC(=O)C1=C(C)N=c2s/c(=C\c3cc(I)cc(I)c3O)c(=O)n2[C@@H]1c1ccc(OC(C)C)cc1. The molecular formula is C26H24I2N2O5S. The van der Waals surface area contributed by atoms with Gasteiger partial charge in [0.2, 0.25) is 0 Å². The van der Waals surface area contributed by atoms with Crippen LogP contribution in [-0.2, 0) is 9.53 Å².